The van der Waals surface area contributed by atoms with Crippen molar-refractivity contribution >= 4 is 27.3 Å². The standard InChI is InChI=1S/C22H29FN4O3S2/c1-2-21-24-19(16-31-21)15-25-11-13-26(14-12-25)22(28)17-7-9-27(10-8-17)32(29,30)20-5-3-18(23)4-6-20/h3-6,16-17H,2,7-15H2,1H3. The Labute approximate surface area is 192 Å². The van der Waals surface area contributed by atoms with E-state index in [9.17, 15) is 17.6 Å². The van der Waals surface area contributed by atoms with Crippen molar-refractivity contribution < 1.29 is 17.6 Å². The molecule has 10 heteroatoms. The third kappa shape index (κ3) is 5.19. The summed E-state index contributed by atoms with van der Waals surface area (Å²) in [5.74, 6) is -0.483. The van der Waals surface area contributed by atoms with Gasteiger partial charge in [-0.15, -0.1) is 11.3 Å². The van der Waals surface area contributed by atoms with E-state index in [1.54, 1.807) is 11.3 Å². The van der Waals surface area contributed by atoms with Gasteiger partial charge in [0.05, 0.1) is 15.6 Å². The molecular weight excluding hydrogens is 451 g/mol. The molecule has 2 aliphatic heterocycles. The average Bonchev–Trinajstić information content (AvgIpc) is 3.27. The highest BCUT2D eigenvalue weighted by Crippen LogP contribution is 2.26. The maximum Gasteiger partial charge on any atom is 0.243 e. The monoisotopic (exact) mass is 480 g/mol. The minimum atomic E-state index is -3.66. The molecule has 1 amide bonds. The van der Waals surface area contributed by atoms with Gasteiger partial charge in [0.25, 0.3) is 0 Å². The van der Waals surface area contributed by atoms with Crippen LogP contribution in [0.15, 0.2) is 34.5 Å². The first kappa shape index (κ1) is 23.3. The molecule has 0 atom stereocenters. The molecule has 0 aliphatic carbocycles. The number of aryl methyl sites for hydroxylation is 1. The summed E-state index contributed by atoms with van der Waals surface area (Å²) in [6.45, 7) is 6.56. The Kier molecular flexibility index (Phi) is 7.24. The lowest BCUT2D eigenvalue weighted by atomic mass is 9.96. The van der Waals surface area contributed by atoms with Crippen LogP contribution in [0.25, 0.3) is 0 Å². The number of hydrogen-bond donors (Lipinski definition) is 0. The fraction of sp³-hybridized carbons (Fsp3) is 0.545. The average molecular weight is 481 g/mol. The molecule has 1 aromatic heterocycles. The number of sulfonamides is 1. The van der Waals surface area contributed by atoms with Crippen LogP contribution in [0.4, 0.5) is 4.39 Å². The van der Waals surface area contributed by atoms with Crippen LogP contribution in [0.2, 0.25) is 0 Å². The van der Waals surface area contributed by atoms with E-state index < -0.39 is 15.8 Å². The van der Waals surface area contributed by atoms with E-state index in [4.69, 9.17) is 0 Å². The molecule has 2 aliphatic rings. The van der Waals surface area contributed by atoms with Crippen LogP contribution in [-0.2, 0) is 27.8 Å². The van der Waals surface area contributed by atoms with E-state index in [2.05, 4.69) is 22.2 Å². The number of carbonyl (C=O) groups excluding carboxylic acids is 1. The number of carbonyl (C=O) groups is 1. The molecule has 0 radical (unpaired) electrons. The highest BCUT2D eigenvalue weighted by molar-refractivity contribution is 7.89. The molecule has 0 spiro atoms. The van der Waals surface area contributed by atoms with Crippen molar-refractivity contribution in [2.75, 3.05) is 39.3 Å². The van der Waals surface area contributed by atoms with Crippen LogP contribution in [0, 0.1) is 11.7 Å². The summed E-state index contributed by atoms with van der Waals surface area (Å²) < 4.78 is 40.1. The largest absolute Gasteiger partial charge is 0.340 e. The second kappa shape index (κ2) is 9.94. The third-order valence-electron chi connectivity index (χ3n) is 6.23. The molecule has 32 heavy (non-hydrogen) atoms. The lowest BCUT2D eigenvalue weighted by Crippen LogP contribution is -2.51. The quantitative estimate of drug-likeness (QED) is 0.636. The van der Waals surface area contributed by atoms with Gasteiger partial charge in [0, 0.05) is 57.1 Å². The Morgan fingerprint density at radius 1 is 1.09 bits per heavy atom. The molecule has 2 saturated heterocycles. The number of hydrogen-bond acceptors (Lipinski definition) is 6. The molecule has 7 nitrogen and oxygen atoms in total. The Bertz CT molecular complexity index is 1030. The zero-order valence-corrected chi connectivity index (χ0v) is 19.9. The Hall–Kier alpha value is -1.88. The summed E-state index contributed by atoms with van der Waals surface area (Å²) in [6.07, 6.45) is 1.98. The number of rotatable bonds is 6. The van der Waals surface area contributed by atoms with Crippen LogP contribution in [0.5, 0.6) is 0 Å². The van der Waals surface area contributed by atoms with Crippen LogP contribution < -0.4 is 0 Å². The van der Waals surface area contributed by atoms with E-state index in [0.29, 0.717) is 39.0 Å². The molecule has 174 valence electrons. The highest BCUT2D eigenvalue weighted by Gasteiger charge is 2.34. The van der Waals surface area contributed by atoms with E-state index in [1.807, 2.05) is 4.90 Å². The number of nitrogens with zero attached hydrogens (tertiary/aromatic N) is 4. The van der Waals surface area contributed by atoms with Gasteiger partial charge in [-0.25, -0.2) is 17.8 Å². The number of thiazole rings is 1. The Morgan fingerprint density at radius 3 is 2.34 bits per heavy atom. The normalized spacial score (nSPS) is 19.4. The lowest BCUT2D eigenvalue weighted by molar-refractivity contribution is -0.138. The highest BCUT2D eigenvalue weighted by atomic mass is 32.2. The number of benzene rings is 1. The second-order valence-corrected chi connectivity index (χ2v) is 11.2. The smallest absolute Gasteiger partial charge is 0.243 e. The molecule has 0 saturated carbocycles. The van der Waals surface area contributed by atoms with Crippen LogP contribution in [0.1, 0.15) is 30.5 Å². The van der Waals surface area contributed by atoms with Gasteiger partial charge >= 0.3 is 0 Å². The van der Waals surface area contributed by atoms with E-state index >= 15 is 0 Å². The van der Waals surface area contributed by atoms with Crippen molar-refractivity contribution in [3.63, 3.8) is 0 Å². The van der Waals surface area contributed by atoms with Gasteiger partial charge in [0.2, 0.25) is 15.9 Å². The van der Waals surface area contributed by atoms with Crippen molar-refractivity contribution in [3.05, 3.63) is 46.2 Å². The summed E-state index contributed by atoms with van der Waals surface area (Å²) in [7, 11) is -3.66. The topological polar surface area (TPSA) is 73.8 Å². The Balaban J connectivity index is 1.26. The molecule has 0 bridgehead atoms. The fourth-order valence-corrected chi connectivity index (χ4v) is 6.50. The predicted molar refractivity (Wildman–Crippen MR) is 121 cm³/mol. The number of piperidine rings is 1. The van der Waals surface area contributed by atoms with Gasteiger partial charge in [0.1, 0.15) is 5.82 Å². The van der Waals surface area contributed by atoms with Crippen molar-refractivity contribution in [3.8, 4) is 0 Å². The van der Waals surface area contributed by atoms with Gasteiger partial charge in [0.15, 0.2) is 0 Å². The van der Waals surface area contributed by atoms with E-state index in [0.717, 1.165) is 48.9 Å². The number of piperazine rings is 1. The fourth-order valence-electron chi connectivity index (χ4n) is 4.30. The third-order valence-corrected chi connectivity index (χ3v) is 9.18. The molecular formula is C22H29FN4O3S2. The molecule has 0 N–H and O–H groups in total. The van der Waals surface area contributed by atoms with E-state index in [-0.39, 0.29) is 16.7 Å². The first-order chi connectivity index (χ1) is 15.4. The zero-order chi connectivity index (χ0) is 22.7. The molecule has 2 fully saturated rings. The zero-order valence-electron chi connectivity index (χ0n) is 18.2. The van der Waals surface area contributed by atoms with E-state index in [1.165, 1.54) is 16.4 Å². The summed E-state index contributed by atoms with van der Waals surface area (Å²) >= 11 is 1.70. The first-order valence-electron chi connectivity index (χ1n) is 11.1. The maximum atomic E-state index is 13.1. The maximum absolute atomic E-state index is 13.1. The number of aromatic nitrogens is 1. The molecule has 4 rings (SSSR count). The van der Waals surface area contributed by atoms with Crippen molar-refractivity contribution in [1.29, 1.82) is 0 Å². The first-order valence-corrected chi connectivity index (χ1v) is 13.4. The summed E-state index contributed by atoms with van der Waals surface area (Å²) in [4.78, 5) is 22.0. The van der Waals surface area contributed by atoms with Gasteiger partial charge < -0.3 is 4.90 Å². The van der Waals surface area contributed by atoms with Gasteiger partial charge in [-0.3, -0.25) is 9.69 Å². The minimum Gasteiger partial charge on any atom is -0.340 e. The number of amides is 1. The van der Waals surface area contributed by atoms with Crippen LogP contribution in [-0.4, -0.2) is 72.7 Å². The summed E-state index contributed by atoms with van der Waals surface area (Å²) in [6, 6.07) is 4.88. The summed E-state index contributed by atoms with van der Waals surface area (Å²) in [5, 5.41) is 3.27. The lowest BCUT2D eigenvalue weighted by Gasteiger charge is -2.38. The van der Waals surface area contributed by atoms with Gasteiger partial charge in [-0.1, -0.05) is 6.92 Å². The molecule has 0 unspecified atom stereocenters. The second-order valence-electron chi connectivity index (χ2n) is 8.32. The molecule has 3 heterocycles. The van der Waals surface area contributed by atoms with Gasteiger partial charge in [-0.2, -0.15) is 4.31 Å². The van der Waals surface area contributed by atoms with Crippen molar-refractivity contribution in [2.45, 2.75) is 37.6 Å². The summed E-state index contributed by atoms with van der Waals surface area (Å²) in [5.41, 5.74) is 1.10. The molecule has 2 aromatic rings. The van der Waals surface area contributed by atoms with Crippen molar-refractivity contribution in [1.82, 2.24) is 19.1 Å². The SMILES string of the molecule is CCc1nc(CN2CCN(C(=O)C3CCN(S(=O)(=O)c4ccc(F)cc4)CC3)CC2)cs1. The minimum absolute atomic E-state index is 0.0889. The predicted octanol–water partition coefficient (Wildman–Crippen LogP) is 2.59. The van der Waals surface area contributed by atoms with Gasteiger partial charge in [-0.05, 0) is 43.5 Å². The Morgan fingerprint density at radius 2 is 1.75 bits per heavy atom. The molecule has 1 aromatic carbocycles. The van der Waals surface area contributed by atoms with Crippen LogP contribution >= 0.6 is 11.3 Å². The van der Waals surface area contributed by atoms with Crippen molar-refractivity contribution in [2.24, 2.45) is 5.92 Å². The van der Waals surface area contributed by atoms with Crippen LogP contribution in [0.3, 0.4) is 0 Å². The number of halogens is 1.